The van der Waals surface area contributed by atoms with E-state index in [1.54, 1.807) is 0 Å². The van der Waals surface area contributed by atoms with Crippen LogP contribution in [-0.4, -0.2) is 35.2 Å². The maximum absolute atomic E-state index is 10.5. The summed E-state index contributed by atoms with van der Waals surface area (Å²) in [4.78, 5) is 2.69. The average Bonchev–Trinajstić information content (AvgIpc) is 3.23. The zero-order valence-electron chi connectivity index (χ0n) is 12.7. The molecule has 0 amide bonds. The molecular formula is C17H31NO. The Morgan fingerprint density at radius 2 is 1.53 bits per heavy atom. The van der Waals surface area contributed by atoms with E-state index in [9.17, 15) is 5.11 Å². The third kappa shape index (κ3) is 3.72. The van der Waals surface area contributed by atoms with Crippen molar-refractivity contribution in [2.24, 2.45) is 23.7 Å². The van der Waals surface area contributed by atoms with Gasteiger partial charge in [-0.25, -0.2) is 0 Å². The Bertz CT molecular complexity index is 282. The molecule has 110 valence electrons. The molecule has 3 atom stereocenters. The third-order valence-corrected chi connectivity index (χ3v) is 5.61. The maximum atomic E-state index is 10.5. The van der Waals surface area contributed by atoms with Crippen LogP contribution < -0.4 is 0 Å². The molecule has 2 nitrogen and oxygen atoms in total. The van der Waals surface area contributed by atoms with E-state index in [0.717, 1.165) is 30.1 Å². The Hall–Kier alpha value is -0.0800. The van der Waals surface area contributed by atoms with Gasteiger partial charge in [0, 0.05) is 19.1 Å². The van der Waals surface area contributed by atoms with Gasteiger partial charge < -0.3 is 5.11 Å². The Labute approximate surface area is 118 Å². The highest BCUT2D eigenvalue weighted by atomic mass is 16.3. The van der Waals surface area contributed by atoms with Gasteiger partial charge in [-0.2, -0.15) is 0 Å². The Morgan fingerprint density at radius 3 is 2.00 bits per heavy atom. The third-order valence-electron chi connectivity index (χ3n) is 5.61. The lowest BCUT2D eigenvalue weighted by Crippen LogP contribution is -2.49. The molecule has 0 bridgehead atoms. The van der Waals surface area contributed by atoms with Gasteiger partial charge in [-0.15, -0.1) is 0 Å². The van der Waals surface area contributed by atoms with Gasteiger partial charge in [-0.3, -0.25) is 4.90 Å². The molecule has 2 heteroatoms. The van der Waals surface area contributed by atoms with Gasteiger partial charge in [-0.05, 0) is 68.6 Å². The van der Waals surface area contributed by atoms with Crippen molar-refractivity contribution >= 4 is 0 Å². The standard InChI is InChI=1S/C17H31NO/c1-12(2)15-7-8-17(19)16(9-15)18(10-13-3-4-13)11-14-5-6-14/h12-17,19H,3-11H2,1-2H3. The highest BCUT2D eigenvalue weighted by Gasteiger charge is 2.38. The van der Waals surface area contributed by atoms with Crippen LogP contribution in [0.5, 0.6) is 0 Å². The minimum atomic E-state index is -0.0625. The van der Waals surface area contributed by atoms with E-state index in [0.29, 0.717) is 6.04 Å². The van der Waals surface area contributed by atoms with Crippen LogP contribution >= 0.6 is 0 Å². The smallest absolute Gasteiger partial charge is 0.0695 e. The van der Waals surface area contributed by atoms with E-state index >= 15 is 0 Å². The summed E-state index contributed by atoms with van der Waals surface area (Å²) >= 11 is 0. The lowest BCUT2D eigenvalue weighted by atomic mass is 9.77. The van der Waals surface area contributed by atoms with Gasteiger partial charge in [0.1, 0.15) is 0 Å². The predicted molar refractivity (Wildman–Crippen MR) is 79.0 cm³/mol. The number of hydrogen-bond donors (Lipinski definition) is 1. The van der Waals surface area contributed by atoms with E-state index < -0.39 is 0 Å². The van der Waals surface area contributed by atoms with Crippen molar-refractivity contribution in [1.29, 1.82) is 0 Å². The zero-order valence-corrected chi connectivity index (χ0v) is 12.7. The summed E-state index contributed by atoms with van der Waals surface area (Å²) in [5.41, 5.74) is 0. The predicted octanol–water partition coefficient (Wildman–Crippen LogP) is 3.29. The molecule has 0 aromatic heterocycles. The summed E-state index contributed by atoms with van der Waals surface area (Å²) in [5.74, 6) is 3.50. The number of aliphatic hydroxyl groups excluding tert-OH is 1. The molecule has 0 aliphatic heterocycles. The summed E-state index contributed by atoms with van der Waals surface area (Å²) in [6.45, 7) is 7.24. The molecule has 0 radical (unpaired) electrons. The monoisotopic (exact) mass is 265 g/mol. The largest absolute Gasteiger partial charge is 0.391 e. The molecule has 3 unspecified atom stereocenters. The summed E-state index contributed by atoms with van der Waals surface area (Å²) in [6, 6.07) is 0.461. The van der Waals surface area contributed by atoms with E-state index in [2.05, 4.69) is 18.7 Å². The van der Waals surface area contributed by atoms with Crippen molar-refractivity contribution in [3.63, 3.8) is 0 Å². The molecule has 3 fully saturated rings. The number of aliphatic hydroxyl groups is 1. The molecule has 3 saturated carbocycles. The van der Waals surface area contributed by atoms with Crippen molar-refractivity contribution in [2.45, 2.75) is 70.9 Å². The fraction of sp³-hybridized carbons (Fsp3) is 1.00. The highest BCUT2D eigenvalue weighted by Crippen LogP contribution is 2.38. The van der Waals surface area contributed by atoms with Crippen LogP contribution in [0.2, 0.25) is 0 Å². The number of rotatable bonds is 6. The minimum absolute atomic E-state index is 0.0625. The molecule has 0 heterocycles. The molecule has 0 saturated heterocycles. The Morgan fingerprint density at radius 1 is 0.947 bits per heavy atom. The normalized spacial score (nSPS) is 36.2. The maximum Gasteiger partial charge on any atom is 0.0695 e. The SMILES string of the molecule is CC(C)C1CCC(O)C(N(CC2CC2)CC2CC2)C1. The molecule has 1 N–H and O–H groups in total. The van der Waals surface area contributed by atoms with Crippen LogP contribution in [-0.2, 0) is 0 Å². The highest BCUT2D eigenvalue weighted by molar-refractivity contribution is 4.92. The molecule has 0 aromatic carbocycles. The summed E-state index contributed by atoms with van der Waals surface area (Å²) in [6.07, 6.45) is 9.14. The second-order valence-electron chi connectivity index (χ2n) is 7.79. The second kappa shape index (κ2) is 5.73. The number of hydrogen-bond acceptors (Lipinski definition) is 2. The average molecular weight is 265 g/mol. The van der Waals surface area contributed by atoms with Crippen molar-refractivity contribution in [2.75, 3.05) is 13.1 Å². The molecule has 0 spiro atoms. The van der Waals surface area contributed by atoms with Gasteiger partial charge >= 0.3 is 0 Å². The molecular weight excluding hydrogens is 234 g/mol. The Kier molecular flexibility index (Phi) is 4.19. The van der Waals surface area contributed by atoms with Crippen molar-refractivity contribution in [3.8, 4) is 0 Å². The van der Waals surface area contributed by atoms with Crippen LogP contribution in [0.25, 0.3) is 0 Å². The molecule has 19 heavy (non-hydrogen) atoms. The summed E-state index contributed by atoms with van der Waals surface area (Å²) in [5, 5.41) is 10.5. The van der Waals surface area contributed by atoms with Crippen LogP contribution in [0.3, 0.4) is 0 Å². The first-order chi connectivity index (χ1) is 9.13. The first-order valence-corrected chi connectivity index (χ1v) is 8.55. The fourth-order valence-electron chi connectivity index (χ4n) is 3.77. The molecule has 0 aromatic rings. The van der Waals surface area contributed by atoms with Crippen molar-refractivity contribution < 1.29 is 5.11 Å². The van der Waals surface area contributed by atoms with Gasteiger partial charge in [0.15, 0.2) is 0 Å². The fourth-order valence-corrected chi connectivity index (χ4v) is 3.77. The van der Waals surface area contributed by atoms with Crippen LogP contribution in [0.1, 0.15) is 58.8 Å². The zero-order chi connectivity index (χ0) is 13.4. The van der Waals surface area contributed by atoms with Gasteiger partial charge in [0.25, 0.3) is 0 Å². The summed E-state index contributed by atoms with van der Waals surface area (Å²) in [7, 11) is 0. The quantitative estimate of drug-likeness (QED) is 0.796. The van der Waals surface area contributed by atoms with Gasteiger partial charge in [0.2, 0.25) is 0 Å². The minimum Gasteiger partial charge on any atom is -0.391 e. The first-order valence-electron chi connectivity index (χ1n) is 8.55. The van der Waals surface area contributed by atoms with E-state index in [4.69, 9.17) is 0 Å². The Balaban J connectivity index is 1.62. The van der Waals surface area contributed by atoms with Gasteiger partial charge in [0.05, 0.1) is 6.10 Å². The van der Waals surface area contributed by atoms with E-state index in [1.807, 2.05) is 0 Å². The van der Waals surface area contributed by atoms with Crippen molar-refractivity contribution in [3.05, 3.63) is 0 Å². The lowest BCUT2D eigenvalue weighted by molar-refractivity contribution is -0.00828. The van der Waals surface area contributed by atoms with E-state index in [1.165, 1.54) is 51.6 Å². The van der Waals surface area contributed by atoms with Gasteiger partial charge in [-0.1, -0.05) is 13.8 Å². The van der Waals surface area contributed by atoms with Crippen LogP contribution in [0.15, 0.2) is 0 Å². The van der Waals surface area contributed by atoms with Crippen LogP contribution in [0.4, 0.5) is 0 Å². The first kappa shape index (κ1) is 13.9. The van der Waals surface area contributed by atoms with Crippen molar-refractivity contribution in [1.82, 2.24) is 4.90 Å². The summed E-state index contributed by atoms with van der Waals surface area (Å²) < 4.78 is 0. The molecule has 3 aliphatic rings. The number of nitrogens with zero attached hydrogens (tertiary/aromatic N) is 1. The lowest BCUT2D eigenvalue weighted by Gasteiger charge is -2.42. The van der Waals surface area contributed by atoms with Crippen LogP contribution in [0, 0.1) is 23.7 Å². The molecule has 3 rings (SSSR count). The second-order valence-corrected chi connectivity index (χ2v) is 7.79. The van der Waals surface area contributed by atoms with E-state index in [-0.39, 0.29) is 6.10 Å². The molecule has 3 aliphatic carbocycles. The topological polar surface area (TPSA) is 23.5 Å².